The Morgan fingerprint density at radius 3 is 2.79 bits per heavy atom. The molecular weight excluding hydrogens is 264 g/mol. The van der Waals surface area contributed by atoms with Crippen molar-refractivity contribution in [3.8, 4) is 0 Å². The average molecular weight is 282 g/mol. The van der Waals surface area contributed by atoms with E-state index in [2.05, 4.69) is 10.0 Å². The van der Waals surface area contributed by atoms with Gasteiger partial charge in [0.25, 0.3) is 0 Å². The second-order valence-corrected chi connectivity index (χ2v) is 6.51. The quantitative estimate of drug-likeness (QED) is 0.881. The zero-order valence-corrected chi connectivity index (χ0v) is 11.9. The van der Waals surface area contributed by atoms with Crippen molar-refractivity contribution in [3.63, 3.8) is 0 Å². The number of anilines is 1. The third-order valence-electron chi connectivity index (χ3n) is 3.25. The van der Waals surface area contributed by atoms with Crippen LogP contribution in [-0.2, 0) is 21.2 Å². The van der Waals surface area contributed by atoms with E-state index in [0.29, 0.717) is 18.5 Å². The second-order valence-electron chi connectivity index (χ2n) is 4.80. The number of benzene rings is 1. The molecule has 2 rings (SSSR count). The van der Waals surface area contributed by atoms with E-state index in [-0.39, 0.29) is 16.8 Å². The van der Waals surface area contributed by atoms with Gasteiger partial charge in [-0.1, -0.05) is 6.92 Å². The van der Waals surface area contributed by atoms with Gasteiger partial charge < -0.3 is 5.32 Å². The fraction of sp³-hybridized carbons (Fsp3) is 0.462. The minimum Gasteiger partial charge on any atom is -0.326 e. The molecule has 0 bridgehead atoms. The van der Waals surface area contributed by atoms with Crippen LogP contribution in [0.3, 0.4) is 0 Å². The van der Waals surface area contributed by atoms with Crippen molar-refractivity contribution in [3.05, 3.63) is 23.8 Å². The first kappa shape index (κ1) is 14.0. The van der Waals surface area contributed by atoms with Crippen LogP contribution < -0.4 is 10.0 Å². The van der Waals surface area contributed by atoms with E-state index < -0.39 is 10.0 Å². The van der Waals surface area contributed by atoms with Crippen molar-refractivity contribution in [1.82, 2.24) is 4.72 Å². The number of amides is 1. The number of nitrogens with one attached hydrogen (secondary N) is 2. The lowest BCUT2D eigenvalue weighted by Crippen LogP contribution is -2.32. The van der Waals surface area contributed by atoms with Crippen LogP contribution in [0, 0.1) is 0 Å². The molecule has 1 aromatic rings. The lowest BCUT2D eigenvalue weighted by Gasteiger charge is -2.18. The Balaban J connectivity index is 2.29. The summed E-state index contributed by atoms with van der Waals surface area (Å²) in [6, 6.07) is 4.72. The maximum Gasteiger partial charge on any atom is 0.240 e. The van der Waals surface area contributed by atoms with Crippen LogP contribution in [0.15, 0.2) is 23.1 Å². The van der Waals surface area contributed by atoms with E-state index in [4.69, 9.17) is 0 Å². The van der Waals surface area contributed by atoms with E-state index in [9.17, 15) is 13.2 Å². The Morgan fingerprint density at radius 1 is 1.37 bits per heavy atom. The van der Waals surface area contributed by atoms with Gasteiger partial charge in [-0.05, 0) is 43.5 Å². The third kappa shape index (κ3) is 3.13. The first-order valence-corrected chi connectivity index (χ1v) is 7.86. The van der Waals surface area contributed by atoms with Crippen molar-refractivity contribution in [2.24, 2.45) is 0 Å². The van der Waals surface area contributed by atoms with Gasteiger partial charge >= 0.3 is 0 Å². The highest BCUT2D eigenvalue weighted by molar-refractivity contribution is 7.89. The van der Waals surface area contributed by atoms with Crippen LogP contribution in [0.5, 0.6) is 0 Å². The number of aryl methyl sites for hydroxylation is 1. The molecule has 6 heteroatoms. The standard InChI is InChI=1S/C13H18N2O3S/c1-3-9(2)15-19(17,18)11-5-6-12-10(8-11)4-7-13(16)14-12/h5-6,8-9,15H,3-4,7H2,1-2H3,(H,14,16)/t9-/m1/s1. The maximum atomic E-state index is 12.2. The molecule has 0 saturated carbocycles. The fourth-order valence-corrected chi connectivity index (χ4v) is 3.32. The third-order valence-corrected chi connectivity index (χ3v) is 4.84. The predicted octanol–water partition coefficient (Wildman–Crippen LogP) is 1.65. The van der Waals surface area contributed by atoms with Crippen LogP contribution in [0.1, 0.15) is 32.3 Å². The molecule has 1 heterocycles. The van der Waals surface area contributed by atoms with Crippen molar-refractivity contribution in [2.75, 3.05) is 5.32 Å². The summed E-state index contributed by atoms with van der Waals surface area (Å²) in [6.07, 6.45) is 1.71. The molecule has 2 N–H and O–H groups in total. The molecule has 19 heavy (non-hydrogen) atoms. The number of fused-ring (bicyclic) bond motifs is 1. The highest BCUT2D eigenvalue weighted by Gasteiger charge is 2.20. The molecule has 1 aromatic carbocycles. The number of sulfonamides is 1. The monoisotopic (exact) mass is 282 g/mol. The summed E-state index contributed by atoms with van der Waals surface area (Å²) in [4.78, 5) is 11.5. The molecule has 0 aromatic heterocycles. The first-order chi connectivity index (χ1) is 8.92. The highest BCUT2D eigenvalue weighted by atomic mass is 32.2. The molecule has 1 aliphatic heterocycles. The molecule has 0 radical (unpaired) electrons. The van der Waals surface area contributed by atoms with Gasteiger partial charge in [0.15, 0.2) is 0 Å². The maximum absolute atomic E-state index is 12.2. The number of hydrogen-bond acceptors (Lipinski definition) is 3. The van der Waals surface area contributed by atoms with Gasteiger partial charge in [-0.15, -0.1) is 0 Å². The second kappa shape index (κ2) is 5.30. The minimum absolute atomic E-state index is 0.0270. The van der Waals surface area contributed by atoms with Gasteiger partial charge in [0.1, 0.15) is 0 Å². The van der Waals surface area contributed by atoms with Crippen molar-refractivity contribution in [2.45, 2.75) is 44.0 Å². The van der Waals surface area contributed by atoms with E-state index in [0.717, 1.165) is 12.0 Å². The molecule has 0 unspecified atom stereocenters. The van der Waals surface area contributed by atoms with E-state index >= 15 is 0 Å². The Kier molecular flexibility index (Phi) is 3.91. The van der Waals surface area contributed by atoms with E-state index in [1.165, 1.54) is 6.07 Å². The van der Waals surface area contributed by atoms with Crippen LogP contribution in [0.2, 0.25) is 0 Å². The van der Waals surface area contributed by atoms with Crippen LogP contribution in [0.4, 0.5) is 5.69 Å². The van der Waals surface area contributed by atoms with Crippen LogP contribution in [0.25, 0.3) is 0 Å². The highest BCUT2D eigenvalue weighted by Crippen LogP contribution is 2.25. The largest absolute Gasteiger partial charge is 0.326 e. The first-order valence-electron chi connectivity index (χ1n) is 6.37. The number of carbonyl (C=O) groups excluding carboxylic acids is 1. The molecule has 0 saturated heterocycles. The van der Waals surface area contributed by atoms with Gasteiger partial charge in [0.2, 0.25) is 15.9 Å². The van der Waals surface area contributed by atoms with Crippen molar-refractivity contribution >= 4 is 21.6 Å². The van der Waals surface area contributed by atoms with E-state index in [1.807, 2.05) is 13.8 Å². The Hall–Kier alpha value is -1.40. The molecule has 0 spiro atoms. The summed E-state index contributed by atoms with van der Waals surface area (Å²) in [6.45, 7) is 3.76. The molecule has 104 valence electrons. The predicted molar refractivity (Wildman–Crippen MR) is 73.5 cm³/mol. The molecule has 1 aliphatic rings. The number of rotatable bonds is 4. The number of carbonyl (C=O) groups is 1. The average Bonchev–Trinajstić information content (AvgIpc) is 2.37. The minimum atomic E-state index is -3.48. The zero-order valence-electron chi connectivity index (χ0n) is 11.1. The lowest BCUT2D eigenvalue weighted by atomic mass is 10.0. The molecule has 1 atom stereocenters. The van der Waals surface area contributed by atoms with Crippen molar-refractivity contribution < 1.29 is 13.2 Å². The van der Waals surface area contributed by atoms with Crippen LogP contribution in [-0.4, -0.2) is 20.4 Å². The summed E-state index contributed by atoms with van der Waals surface area (Å²) in [7, 11) is -3.48. The van der Waals surface area contributed by atoms with Gasteiger partial charge in [-0.3, -0.25) is 4.79 Å². The molecular formula is C13H18N2O3S. The normalized spacial score (nSPS) is 16.6. The topological polar surface area (TPSA) is 75.3 Å². The van der Waals surface area contributed by atoms with Gasteiger partial charge in [-0.2, -0.15) is 0 Å². The van der Waals surface area contributed by atoms with E-state index in [1.54, 1.807) is 12.1 Å². The van der Waals surface area contributed by atoms with Crippen LogP contribution >= 0.6 is 0 Å². The van der Waals surface area contributed by atoms with Gasteiger partial charge in [-0.25, -0.2) is 13.1 Å². The summed E-state index contributed by atoms with van der Waals surface area (Å²) in [5.41, 5.74) is 1.57. The summed E-state index contributed by atoms with van der Waals surface area (Å²) >= 11 is 0. The van der Waals surface area contributed by atoms with Gasteiger partial charge in [0, 0.05) is 18.2 Å². The summed E-state index contributed by atoms with van der Waals surface area (Å²) in [5.74, 6) is -0.0270. The summed E-state index contributed by atoms with van der Waals surface area (Å²) < 4.78 is 26.9. The Bertz CT molecular complexity index is 596. The molecule has 5 nitrogen and oxygen atoms in total. The fourth-order valence-electron chi connectivity index (χ4n) is 1.94. The van der Waals surface area contributed by atoms with Gasteiger partial charge in [0.05, 0.1) is 4.90 Å². The lowest BCUT2D eigenvalue weighted by molar-refractivity contribution is -0.116. The molecule has 0 aliphatic carbocycles. The molecule has 1 amide bonds. The summed E-state index contributed by atoms with van der Waals surface area (Å²) in [5, 5.41) is 2.74. The Labute approximate surface area is 113 Å². The molecule has 0 fully saturated rings. The smallest absolute Gasteiger partial charge is 0.240 e. The number of hydrogen-bond donors (Lipinski definition) is 2. The Morgan fingerprint density at radius 2 is 2.11 bits per heavy atom. The van der Waals surface area contributed by atoms with Crippen molar-refractivity contribution in [1.29, 1.82) is 0 Å². The zero-order chi connectivity index (χ0) is 14.0. The SMILES string of the molecule is CC[C@@H](C)NS(=O)(=O)c1ccc2c(c1)CCC(=O)N2.